The van der Waals surface area contributed by atoms with Crippen molar-refractivity contribution < 1.29 is 19.0 Å². The van der Waals surface area contributed by atoms with E-state index in [2.05, 4.69) is 15.3 Å². The largest absolute Gasteiger partial charge is 0.461 e. The molecule has 8 nitrogen and oxygen atoms in total. The first-order valence-corrected chi connectivity index (χ1v) is 11.1. The maximum absolute atomic E-state index is 11.1. The molecule has 1 amide bonds. The van der Waals surface area contributed by atoms with Gasteiger partial charge in [0.1, 0.15) is 17.6 Å². The van der Waals surface area contributed by atoms with Crippen molar-refractivity contribution >= 4 is 16.9 Å². The third-order valence-corrected chi connectivity index (χ3v) is 5.62. The molecular formula is C24H30N4O4. The van der Waals surface area contributed by atoms with Gasteiger partial charge in [0.05, 0.1) is 23.7 Å². The van der Waals surface area contributed by atoms with Gasteiger partial charge in [0.15, 0.2) is 0 Å². The van der Waals surface area contributed by atoms with Gasteiger partial charge in [0.2, 0.25) is 5.91 Å². The van der Waals surface area contributed by atoms with Crippen LogP contribution >= 0.6 is 0 Å². The van der Waals surface area contributed by atoms with E-state index in [1.54, 1.807) is 12.4 Å². The highest BCUT2D eigenvalue weighted by Crippen LogP contribution is 2.30. The number of aryl methyl sites for hydroxylation is 1. The molecule has 1 saturated carbocycles. The number of pyridine rings is 1. The van der Waals surface area contributed by atoms with Gasteiger partial charge in [-0.15, -0.1) is 0 Å². The minimum Gasteiger partial charge on any atom is -0.461 e. The molecule has 2 heterocycles. The fourth-order valence-corrected chi connectivity index (χ4v) is 3.99. The molecule has 0 unspecified atom stereocenters. The van der Waals surface area contributed by atoms with Gasteiger partial charge in [-0.1, -0.05) is 0 Å². The Kier molecular flexibility index (Phi) is 6.90. The number of nitrogens with zero attached hydrogens (tertiary/aromatic N) is 3. The minimum atomic E-state index is -0.0308. The molecule has 8 heteroatoms. The van der Waals surface area contributed by atoms with E-state index in [9.17, 15) is 4.79 Å². The summed E-state index contributed by atoms with van der Waals surface area (Å²) in [5.74, 6) is 1.45. The second-order valence-corrected chi connectivity index (χ2v) is 8.34. The van der Waals surface area contributed by atoms with Crippen molar-refractivity contribution in [3.63, 3.8) is 0 Å². The third kappa shape index (κ3) is 5.56. The van der Waals surface area contributed by atoms with E-state index < -0.39 is 0 Å². The second kappa shape index (κ2) is 9.99. The number of benzene rings is 1. The number of imidazole rings is 1. The summed E-state index contributed by atoms with van der Waals surface area (Å²) in [6.07, 6.45) is 7.43. The van der Waals surface area contributed by atoms with E-state index >= 15 is 0 Å². The molecule has 2 aromatic heterocycles. The van der Waals surface area contributed by atoms with Gasteiger partial charge in [0.25, 0.3) is 6.01 Å². The van der Waals surface area contributed by atoms with Gasteiger partial charge >= 0.3 is 0 Å². The van der Waals surface area contributed by atoms with Crippen LogP contribution in [0.3, 0.4) is 0 Å². The summed E-state index contributed by atoms with van der Waals surface area (Å²) >= 11 is 0. The highest BCUT2D eigenvalue weighted by molar-refractivity contribution is 5.78. The number of aromatic nitrogens is 3. The Morgan fingerprint density at radius 1 is 1.12 bits per heavy atom. The van der Waals surface area contributed by atoms with Crippen molar-refractivity contribution in [2.75, 3.05) is 6.61 Å². The standard InChI is InChI=1S/C24H30N4O4/c1-16(26-17(2)29)15-30-18-4-6-19(7-5-18)32-24-27-22-9-8-21(14-23(22)28(24)3)31-20-10-12-25-13-11-20/h8-14,16,18-19H,4-7,15H2,1-3H3,(H,26,29)/t16-,18?,19?/m0/s1. The highest BCUT2D eigenvalue weighted by atomic mass is 16.5. The third-order valence-electron chi connectivity index (χ3n) is 5.62. The van der Waals surface area contributed by atoms with Crippen molar-refractivity contribution in [3.05, 3.63) is 42.7 Å². The molecule has 0 spiro atoms. The van der Waals surface area contributed by atoms with Gasteiger partial charge in [-0.2, -0.15) is 4.98 Å². The topological polar surface area (TPSA) is 87.5 Å². The Bertz CT molecular complexity index is 1040. The molecular weight excluding hydrogens is 408 g/mol. The predicted octanol–water partition coefficient (Wildman–Crippen LogP) is 3.99. The average molecular weight is 439 g/mol. The highest BCUT2D eigenvalue weighted by Gasteiger charge is 2.25. The predicted molar refractivity (Wildman–Crippen MR) is 121 cm³/mol. The molecule has 1 N–H and O–H groups in total. The summed E-state index contributed by atoms with van der Waals surface area (Å²) in [6.45, 7) is 4.01. The summed E-state index contributed by atoms with van der Waals surface area (Å²) in [5, 5.41) is 2.85. The van der Waals surface area contributed by atoms with Crippen LogP contribution < -0.4 is 14.8 Å². The Morgan fingerprint density at radius 3 is 2.56 bits per heavy atom. The number of hydrogen-bond donors (Lipinski definition) is 1. The van der Waals surface area contributed by atoms with Crippen molar-refractivity contribution in [2.24, 2.45) is 7.05 Å². The van der Waals surface area contributed by atoms with Crippen LogP contribution in [0, 0.1) is 0 Å². The molecule has 1 aliphatic rings. The maximum Gasteiger partial charge on any atom is 0.297 e. The monoisotopic (exact) mass is 438 g/mol. The molecule has 1 fully saturated rings. The van der Waals surface area contributed by atoms with Crippen molar-refractivity contribution in [3.8, 4) is 17.5 Å². The number of nitrogens with one attached hydrogen (secondary N) is 1. The Morgan fingerprint density at radius 2 is 1.84 bits per heavy atom. The lowest BCUT2D eigenvalue weighted by molar-refractivity contribution is -0.120. The van der Waals surface area contributed by atoms with Gasteiger partial charge in [-0.25, -0.2) is 0 Å². The van der Waals surface area contributed by atoms with E-state index in [-0.39, 0.29) is 24.2 Å². The maximum atomic E-state index is 11.1. The SMILES string of the molecule is CC(=O)N[C@@H](C)COC1CCC(Oc2nc3ccc(Oc4ccncc4)cc3n2C)CC1. The van der Waals surface area contributed by atoms with Crippen LogP contribution in [0.2, 0.25) is 0 Å². The number of fused-ring (bicyclic) bond motifs is 1. The fraction of sp³-hybridized carbons (Fsp3) is 0.458. The number of carbonyl (C=O) groups is 1. The van der Waals surface area contributed by atoms with Crippen molar-refractivity contribution in [1.82, 2.24) is 19.9 Å². The summed E-state index contributed by atoms with van der Waals surface area (Å²) in [7, 11) is 1.96. The number of amides is 1. The zero-order valence-electron chi connectivity index (χ0n) is 18.8. The molecule has 0 radical (unpaired) electrons. The molecule has 3 aromatic rings. The average Bonchev–Trinajstić information content (AvgIpc) is 3.08. The van der Waals surface area contributed by atoms with Crippen LogP contribution in [0.15, 0.2) is 42.7 Å². The second-order valence-electron chi connectivity index (χ2n) is 8.34. The van der Waals surface area contributed by atoms with Gasteiger partial charge < -0.3 is 19.5 Å². The molecule has 1 aromatic carbocycles. The van der Waals surface area contributed by atoms with Crippen molar-refractivity contribution in [1.29, 1.82) is 0 Å². The van der Waals surface area contributed by atoms with Crippen LogP contribution in [0.25, 0.3) is 11.0 Å². The van der Waals surface area contributed by atoms with Crippen LogP contribution in [0.4, 0.5) is 0 Å². The molecule has 0 saturated heterocycles. The quantitative estimate of drug-likeness (QED) is 0.572. The van der Waals surface area contributed by atoms with Crippen LogP contribution in [-0.4, -0.2) is 45.3 Å². The van der Waals surface area contributed by atoms with E-state index in [4.69, 9.17) is 14.2 Å². The van der Waals surface area contributed by atoms with Crippen LogP contribution in [-0.2, 0) is 16.6 Å². The molecule has 4 rings (SSSR count). The summed E-state index contributed by atoms with van der Waals surface area (Å²) < 4.78 is 20.1. The zero-order valence-corrected chi connectivity index (χ0v) is 18.8. The lowest BCUT2D eigenvalue weighted by Gasteiger charge is -2.29. The Hall–Kier alpha value is -3.13. The Labute approximate surface area is 187 Å². The lowest BCUT2D eigenvalue weighted by Crippen LogP contribution is -2.37. The van der Waals surface area contributed by atoms with Gasteiger partial charge in [-0.05, 0) is 56.9 Å². The number of rotatable bonds is 8. The summed E-state index contributed by atoms with van der Waals surface area (Å²) in [5.41, 5.74) is 1.82. The first-order valence-electron chi connectivity index (χ1n) is 11.1. The van der Waals surface area contributed by atoms with E-state index in [0.717, 1.165) is 48.2 Å². The van der Waals surface area contributed by atoms with E-state index in [1.165, 1.54) is 6.92 Å². The summed E-state index contributed by atoms with van der Waals surface area (Å²) in [6, 6.07) is 10.1. The van der Waals surface area contributed by atoms with E-state index in [0.29, 0.717) is 12.6 Å². The van der Waals surface area contributed by atoms with Crippen molar-refractivity contribution in [2.45, 2.75) is 57.8 Å². The molecule has 0 bridgehead atoms. The number of ether oxygens (including phenoxy) is 3. The molecule has 0 aliphatic heterocycles. The van der Waals surface area contributed by atoms with Crippen LogP contribution in [0.5, 0.6) is 17.5 Å². The molecule has 1 aliphatic carbocycles. The molecule has 170 valence electrons. The first kappa shape index (κ1) is 22.1. The van der Waals surface area contributed by atoms with Gasteiger partial charge in [0, 0.05) is 38.5 Å². The fourth-order valence-electron chi connectivity index (χ4n) is 3.99. The zero-order chi connectivity index (χ0) is 22.5. The molecule has 32 heavy (non-hydrogen) atoms. The van der Waals surface area contributed by atoms with E-state index in [1.807, 2.05) is 48.9 Å². The smallest absolute Gasteiger partial charge is 0.297 e. The lowest BCUT2D eigenvalue weighted by atomic mass is 9.95. The normalized spacial score (nSPS) is 19.5. The molecule has 1 atom stereocenters. The summed E-state index contributed by atoms with van der Waals surface area (Å²) in [4.78, 5) is 19.8. The van der Waals surface area contributed by atoms with Crippen LogP contribution in [0.1, 0.15) is 39.5 Å². The number of carbonyl (C=O) groups excluding carboxylic acids is 1. The van der Waals surface area contributed by atoms with Gasteiger partial charge in [-0.3, -0.25) is 14.3 Å². The first-order chi connectivity index (χ1) is 15.5. The number of hydrogen-bond acceptors (Lipinski definition) is 6. The Balaban J connectivity index is 1.33. The minimum absolute atomic E-state index is 0.0221.